The Hall–Kier alpha value is 0.1000. The van der Waals surface area contributed by atoms with Gasteiger partial charge in [0.05, 0.1) is 0 Å². The quantitative estimate of drug-likeness (QED) is 0.907. The van der Waals surface area contributed by atoms with Crippen molar-refractivity contribution in [1.29, 1.82) is 0 Å². The highest BCUT2D eigenvalue weighted by Gasteiger charge is 2.24. The van der Waals surface area contributed by atoms with Crippen molar-refractivity contribution in [2.75, 3.05) is 13.2 Å². The zero-order valence-corrected chi connectivity index (χ0v) is 11.2. The van der Waals surface area contributed by atoms with Gasteiger partial charge in [0.15, 0.2) is 0 Å². The summed E-state index contributed by atoms with van der Waals surface area (Å²) in [6.07, 6.45) is 2.18. The third kappa shape index (κ3) is 2.61. The Morgan fingerprint density at radius 2 is 2.20 bits per heavy atom. The van der Waals surface area contributed by atoms with Gasteiger partial charge in [0.2, 0.25) is 0 Å². The maximum Gasteiger partial charge on any atom is 0.0469 e. The Bertz CT molecular complexity index is 333. The lowest BCUT2D eigenvalue weighted by Crippen LogP contribution is -2.27. The molecule has 1 saturated heterocycles. The number of nitrogens with two attached hydrogens (primary N) is 1. The lowest BCUT2D eigenvalue weighted by atomic mass is 9.91. The monoisotopic (exact) mass is 289 g/mol. The van der Waals surface area contributed by atoms with Gasteiger partial charge in [0.1, 0.15) is 0 Å². The molecule has 0 spiro atoms. The van der Waals surface area contributed by atoms with Crippen LogP contribution >= 0.6 is 27.3 Å². The van der Waals surface area contributed by atoms with Crippen LogP contribution in [-0.2, 0) is 4.74 Å². The normalized spacial score (nSPS) is 20.5. The number of thiophene rings is 1. The van der Waals surface area contributed by atoms with E-state index < -0.39 is 0 Å². The smallest absolute Gasteiger partial charge is 0.0469 e. The number of rotatable bonds is 2. The molecule has 0 bridgehead atoms. The predicted octanol–water partition coefficient (Wildman–Crippen LogP) is 3.25. The van der Waals surface area contributed by atoms with Gasteiger partial charge >= 0.3 is 0 Å². The van der Waals surface area contributed by atoms with Crippen molar-refractivity contribution in [1.82, 2.24) is 0 Å². The van der Waals surface area contributed by atoms with Gasteiger partial charge in [0, 0.05) is 33.5 Å². The molecule has 1 aliphatic rings. The molecular weight excluding hydrogens is 274 g/mol. The molecule has 2 N–H and O–H groups in total. The van der Waals surface area contributed by atoms with Crippen LogP contribution in [0.2, 0.25) is 0 Å². The number of hydrogen-bond donors (Lipinski definition) is 1. The molecule has 1 aliphatic heterocycles. The molecule has 1 atom stereocenters. The highest BCUT2D eigenvalue weighted by Crippen LogP contribution is 2.37. The van der Waals surface area contributed by atoms with E-state index >= 15 is 0 Å². The molecule has 1 unspecified atom stereocenters. The molecule has 2 nitrogen and oxygen atoms in total. The molecule has 0 amide bonds. The molecule has 1 fully saturated rings. The zero-order valence-electron chi connectivity index (χ0n) is 8.83. The van der Waals surface area contributed by atoms with Crippen LogP contribution in [0.15, 0.2) is 10.5 Å². The third-order valence-electron chi connectivity index (χ3n) is 2.91. The second-order valence-electron chi connectivity index (χ2n) is 4.04. The second-order valence-corrected chi connectivity index (χ2v) is 6.19. The molecule has 1 aromatic rings. The fourth-order valence-electron chi connectivity index (χ4n) is 2.02. The van der Waals surface area contributed by atoms with Gasteiger partial charge in [-0.1, -0.05) is 0 Å². The van der Waals surface area contributed by atoms with E-state index in [1.165, 1.54) is 14.2 Å². The van der Waals surface area contributed by atoms with Crippen LogP contribution in [0.5, 0.6) is 0 Å². The summed E-state index contributed by atoms with van der Waals surface area (Å²) in [6, 6.07) is 2.32. The Morgan fingerprint density at radius 3 is 2.73 bits per heavy atom. The molecule has 84 valence electrons. The van der Waals surface area contributed by atoms with Gasteiger partial charge in [-0.25, -0.2) is 0 Å². The van der Waals surface area contributed by atoms with E-state index in [4.69, 9.17) is 10.5 Å². The molecule has 0 radical (unpaired) electrons. The van der Waals surface area contributed by atoms with Crippen LogP contribution in [0.1, 0.15) is 28.6 Å². The van der Waals surface area contributed by atoms with E-state index in [0.717, 1.165) is 26.1 Å². The average Bonchev–Trinajstić information content (AvgIpc) is 2.58. The number of ether oxygens (including phenoxy) is 1. The summed E-state index contributed by atoms with van der Waals surface area (Å²) < 4.78 is 6.53. The van der Waals surface area contributed by atoms with Crippen LogP contribution in [0.3, 0.4) is 0 Å². The summed E-state index contributed by atoms with van der Waals surface area (Å²) in [7, 11) is 0. The van der Waals surface area contributed by atoms with Crippen molar-refractivity contribution in [3.8, 4) is 0 Å². The van der Waals surface area contributed by atoms with Crippen molar-refractivity contribution < 1.29 is 4.74 Å². The first kappa shape index (κ1) is 11.6. The SMILES string of the molecule is Cc1cc(Br)c(C(N)C2CCOCC2)s1. The highest BCUT2D eigenvalue weighted by molar-refractivity contribution is 9.10. The van der Waals surface area contributed by atoms with Crippen LogP contribution in [-0.4, -0.2) is 13.2 Å². The van der Waals surface area contributed by atoms with E-state index in [-0.39, 0.29) is 6.04 Å². The average molecular weight is 290 g/mol. The molecule has 4 heteroatoms. The molecule has 2 rings (SSSR count). The predicted molar refractivity (Wildman–Crippen MR) is 67.2 cm³/mol. The van der Waals surface area contributed by atoms with Gasteiger partial charge in [0.25, 0.3) is 0 Å². The maximum atomic E-state index is 6.31. The lowest BCUT2D eigenvalue weighted by Gasteiger charge is -2.27. The van der Waals surface area contributed by atoms with Gasteiger partial charge in [-0.2, -0.15) is 0 Å². The fraction of sp³-hybridized carbons (Fsp3) is 0.636. The van der Waals surface area contributed by atoms with E-state index in [1.807, 2.05) is 0 Å². The van der Waals surface area contributed by atoms with E-state index in [0.29, 0.717) is 5.92 Å². The molecular formula is C11H16BrNOS. The molecule has 2 heterocycles. The van der Waals surface area contributed by atoms with Crippen LogP contribution in [0.4, 0.5) is 0 Å². The lowest BCUT2D eigenvalue weighted by molar-refractivity contribution is 0.0587. The van der Waals surface area contributed by atoms with Gasteiger partial charge in [-0.05, 0) is 47.7 Å². The largest absolute Gasteiger partial charge is 0.381 e. The Morgan fingerprint density at radius 1 is 1.53 bits per heavy atom. The van der Waals surface area contributed by atoms with Gasteiger partial charge < -0.3 is 10.5 Å². The van der Waals surface area contributed by atoms with Crippen molar-refractivity contribution in [3.63, 3.8) is 0 Å². The summed E-state index contributed by atoms with van der Waals surface area (Å²) in [6.45, 7) is 3.84. The van der Waals surface area contributed by atoms with Crippen LogP contribution in [0.25, 0.3) is 0 Å². The molecule has 1 aromatic heterocycles. The Balaban J connectivity index is 2.12. The molecule has 0 aromatic carbocycles. The Kier molecular flexibility index (Phi) is 3.83. The topological polar surface area (TPSA) is 35.2 Å². The highest BCUT2D eigenvalue weighted by atomic mass is 79.9. The molecule has 0 saturated carbocycles. The summed E-state index contributed by atoms with van der Waals surface area (Å²) in [5.41, 5.74) is 6.31. The van der Waals surface area contributed by atoms with E-state index in [2.05, 4.69) is 28.9 Å². The number of hydrogen-bond acceptors (Lipinski definition) is 3. The standard InChI is InChI=1S/C11H16BrNOS/c1-7-6-9(12)11(15-7)10(13)8-2-4-14-5-3-8/h6,8,10H,2-5,13H2,1H3. The first-order valence-electron chi connectivity index (χ1n) is 5.27. The molecule has 15 heavy (non-hydrogen) atoms. The van der Waals surface area contributed by atoms with Gasteiger partial charge in [-0.3, -0.25) is 0 Å². The zero-order chi connectivity index (χ0) is 10.8. The Labute approximate surface area is 103 Å². The minimum atomic E-state index is 0.168. The summed E-state index contributed by atoms with van der Waals surface area (Å²) in [5.74, 6) is 0.577. The minimum absolute atomic E-state index is 0.168. The number of halogens is 1. The second kappa shape index (κ2) is 4.95. The third-order valence-corrected chi connectivity index (χ3v) is 4.98. The molecule has 0 aliphatic carbocycles. The van der Waals surface area contributed by atoms with Crippen molar-refractivity contribution in [2.45, 2.75) is 25.8 Å². The van der Waals surface area contributed by atoms with Gasteiger partial charge in [-0.15, -0.1) is 11.3 Å². The number of aryl methyl sites for hydroxylation is 1. The first-order valence-corrected chi connectivity index (χ1v) is 6.88. The van der Waals surface area contributed by atoms with E-state index in [9.17, 15) is 0 Å². The minimum Gasteiger partial charge on any atom is -0.381 e. The van der Waals surface area contributed by atoms with Crippen LogP contribution in [0, 0.1) is 12.8 Å². The maximum absolute atomic E-state index is 6.31. The van der Waals surface area contributed by atoms with Crippen molar-refractivity contribution in [3.05, 3.63) is 20.3 Å². The van der Waals surface area contributed by atoms with E-state index in [1.54, 1.807) is 11.3 Å². The van der Waals surface area contributed by atoms with Crippen molar-refractivity contribution in [2.24, 2.45) is 11.7 Å². The summed E-state index contributed by atoms with van der Waals surface area (Å²) >= 11 is 5.39. The summed E-state index contributed by atoms with van der Waals surface area (Å²) in [5, 5.41) is 0. The fourth-order valence-corrected chi connectivity index (χ4v) is 4.03. The first-order chi connectivity index (χ1) is 7.18. The van der Waals surface area contributed by atoms with Crippen LogP contribution < -0.4 is 5.73 Å². The summed E-state index contributed by atoms with van der Waals surface area (Å²) in [4.78, 5) is 2.61. The van der Waals surface area contributed by atoms with Crippen molar-refractivity contribution >= 4 is 27.3 Å².